The van der Waals surface area contributed by atoms with Crippen LogP contribution >= 0.6 is 0 Å². The molecule has 0 aliphatic heterocycles. The molecule has 2 rings (SSSR count). The summed E-state index contributed by atoms with van der Waals surface area (Å²) in [6, 6.07) is 2.73. The second-order valence-electron chi connectivity index (χ2n) is 3.63. The fourth-order valence-electron chi connectivity index (χ4n) is 1.44. The van der Waals surface area contributed by atoms with Crippen molar-refractivity contribution < 1.29 is 9.90 Å². The first-order valence-electron chi connectivity index (χ1n) is 4.97. The topological polar surface area (TPSA) is 83.0 Å². The van der Waals surface area contributed by atoms with Crippen LogP contribution in [0.4, 0.5) is 0 Å². The lowest BCUT2D eigenvalue weighted by molar-refractivity contribution is -0.112. The first kappa shape index (κ1) is 11.1. The van der Waals surface area contributed by atoms with Gasteiger partial charge in [-0.3, -0.25) is 9.59 Å². The summed E-state index contributed by atoms with van der Waals surface area (Å²) in [7, 11) is 0. The molecule has 0 aromatic carbocycles. The van der Waals surface area contributed by atoms with Crippen LogP contribution in [0.15, 0.2) is 29.2 Å². The standard InChI is InChI=1S/C12H10N2O3/c1-7(15)2-3-8-4-9-10(16)5-11(17)14-12(9)13-6-8/h2-6H,1H3,(H2,13,14,16,17)/b3-2+. The zero-order chi connectivity index (χ0) is 12.4. The van der Waals surface area contributed by atoms with Crippen LogP contribution in [0.3, 0.4) is 0 Å². The molecule has 2 aromatic heterocycles. The average Bonchev–Trinajstić information content (AvgIpc) is 2.26. The van der Waals surface area contributed by atoms with E-state index in [1.807, 2.05) is 0 Å². The normalized spacial score (nSPS) is 11.1. The minimum atomic E-state index is -0.408. The molecule has 0 atom stereocenters. The van der Waals surface area contributed by atoms with E-state index >= 15 is 0 Å². The molecule has 0 spiro atoms. The Morgan fingerprint density at radius 2 is 2.24 bits per heavy atom. The highest BCUT2D eigenvalue weighted by atomic mass is 16.3. The molecule has 0 amide bonds. The van der Waals surface area contributed by atoms with Crippen molar-refractivity contribution in [2.75, 3.05) is 0 Å². The van der Waals surface area contributed by atoms with Crippen molar-refractivity contribution in [3.63, 3.8) is 0 Å². The van der Waals surface area contributed by atoms with Crippen LogP contribution < -0.4 is 5.56 Å². The highest BCUT2D eigenvalue weighted by molar-refractivity contribution is 5.92. The highest BCUT2D eigenvalue weighted by Crippen LogP contribution is 2.20. The van der Waals surface area contributed by atoms with Crippen LogP contribution in [0, 0.1) is 0 Å². The average molecular weight is 230 g/mol. The molecule has 0 saturated heterocycles. The minimum Gasteiger partial charge on any atom is -0.507 e. The van der Waals surface area contributed by atoms with E-state index in [2.05, 4.69) is 9.97 Å². The van der Waals surface area contributed by atoms with Gasteiger partial charge in [-0.15, -0.1) is 0 Å². The number of carbonyl (C=O) groups excluding carboxylic acids is 1. The number of rotatable bonds is 2. The number of hydrogen-bond donors (Lipinski definition) is 2. The number of aromatic nitrogens is 2. The molecule has 0 radical (unpaired) electrons. The van der Waals surface area contributed by atoms with Crippen LogP contribution in [0.2, 0.25) is 0 Å². The van der Waals surface area contributed by atoms with Crippen molar-refractivity contribution in [1.82, 2.24) is 9.97 Å². The second-order valence-corrected chi connectivity index (χ2v) is 3.63. The van der Waals surface area contributed by atoms with Crippen molar-refractivity contribution in [2.24, 2.45) is 0 Å². The molecule has 0 saturated carbocycles. The quantitative estimate of drug-likeness (QED) is 0.760. The third kappa shape index (κ3) is 2.39. The number of carbonyl (C=O) groups is 1. The summed E-state index contributed by atoms with van der Waals surface area (Å²) in [5.41, 5.74) is 0.583. The lowest BCUT2D eigenvalue weighted by Crippen LogP contribution is -2.04. The van der Waals surface area contributed by atoms with Gasteiger partial charge in [-0.25, -0.2) is 4.98 Å². The van der Waals surface area contributed by atoms with Crippen LogP contribution in [-0.2, 0) is 4.79 Å². The molecule has 0 fully saturated rings. The third-order valence-corrected chi connectivity index (χ3v) is 2.20. The Hall–Kier alpha value is -2.43. The van der Waals surface area contributed by atoms with Gasteiger partial charge in [-0.2, -0.15) is 0 Å². The van der Waals surface area contributed by atoms with E-state index in [0.717, 1.165) is 6.07 Å². The van der Waals surface area contributed by atoms with Crippen molar-refractivity contribution in [1.29, 1.82) is 0 Å². The van der Waals surface area contributed by atoms with E-state index in [1.54, 1.807) is 12.1 Å². The second kappa shape index (κ2) is 4.21. The van der Waals surface area contributed by atoms with Gasteiger partial charge in [0.05, 0.1) is 5.39 Å². The molecule has 2 N–H and O–H groups in total. The molecule has 0 bridgehead atoms. The molecule has 17 heavy (non-hydrogen) atoms. The fourth-order valence-corrected chi connectivity index (χ4v) is 1.44. The molecule has 0 aliphatic carbocycles. The van der Waals surface area contributed by atoms with E-state index < -0.39 is 5.56 Å². The van der Waals surface area contributed by atoms with Crippen LogP contribution in [0.5, 0.6) is 5.75 Å². The number of aromatic amines is 1. The number of pyridine rings is 2. The molecular formula is C12H10N2O3. The molecule has 0 aliphatic rings. The molecule has 86 valence electrons. The summed E-state index contributed by atoms with van der Waals surface area (Å²) in [5, 5.41) is 10.0. The summed E-state index contributed by atoms with van der Waals surface area (Å²) >= 11 is 0. The zero-order valence-electron chi connectivity index (χ0n) is 9.10. The Morgan fingerprint density at radius 3 is 2.94 bits per heavy atom. The molecule has 5 heteroatoms. The predicted octanol–water partition coefficient (Wildman–Crippen LogP) is 1.23. The Kier molecular flexibility index (Phi) is 2.74. The summed E-state index contributed by atoms with van der Waals surface area (Å²) in [5.74, 6) is -0.204. The molecule has 5 nitrogen and oxygen atoms in total. The van der Waals surface area contributed by atoms with E-state index in [9.17, 15) is 14.7 Å². The van der Waals surface area contributed by atoms with Gasteiger partial charge >= 0.3 is 0 Å². The number of fused-ring (bicyclic) bond motifs is 1. The summed E-state index contributed by atoms with van der Waals surface area (Å²) in [6.07, 6.45) is 4.52. The van der Waals surface area contributed by atoms with Crippen molar-refractivity contribution in [3.05, 3.63) is 40.3 Å². The Morgan fingerprint density at radius 1 is 1.47 bits per heavy atom. The number of H-pyrrole nitrogens is 1. The Balaban J connectivity index is 2.58. The number of nitrogens with one attached hydrogen (secondary N) is 1. The maximum Gasteiger partial charge on any atom is 0.253 e. The fraction of sp³-hybridized carbons (Fsp3) is 0.0833. The van der Waals surface area contributed by atoms with Gasteiger partial charge in [0, 0.05) is 12.3 Å². The van der Waals surface area contributed by atoms with Gasteiger partial charge in [-0.1, -0.05) is 0 Å². The van der Waals surface area contributed by atoms with Gasteiger partial charge < -0.3 is 10.1 Å². The molecule has 0 unspecified atom stereocenters. The van der Waals surface area contributed by atoms with Crippen molar-refractivity contribution >= 4 is 22.9 Å². The smallest absolute Gasteiger partial charge is 0.253 e. The van der Waals surface area contributed by atoms with E-state index in [1.165, 1.54) is 19.2 Å². The summed E-state index contributed by atoms with van der Waals surface area (Å²) in [4.78, 5) is 28.4. The maximum absolute atomic E-state index is 11.1. The van der Waals surface area contributed by atoms with Gasteiger partial charge in [0.2, 0.25) is 0 Å². The number of aromatic hydroxyl groups is 1. The first-order valence-corrected chi connectivity index (χ1v) is 4.97. The van der Waals surface area contributed by atoms with Crippen molar-refractivity contribution in [3.8, 4) is 5.75 Å². The predicted molar refractivity (Wildman–Crippen MR) is 63.7 cm³/mol. The first-order chi connectivity index (χ1) is 8.06. The lowest BCUT2D eigenvalue weighted by Gasteiger charge is -2.00. The maximum atomic E-state index is 11.1. The number of hydrogen-bond acceptors (Lipinski definition) is 4. The minimum absolute atomic E-state index is 0.0733. The monoisotopic (exact) mass is 230 g/mol. The van der Waals surface area contributed by atoms with Crippen LogP contribution in [0.1, 0.15) is 12.5 Å². The van der Waals surface area contributed by atoms with E-state index in [-0.39, 0.29) is 11.5 Å². The third-order valence-electron chi connectivity index (χ3n) is 2.20. The Bertz CT molecular complexity index is 671. The lowest BCUT2D eigenvalue weighted by atomic mass is 10.2. The van der Waals surface area contributed by atoms with Crippen molar-refractivity contribution in [2.45, 2.75) is 6.92 Å². The van der Waals surface area contributed by atoms with Gasteiger partial charge in [0.1, 0.15) is 11.4 Å². The molecular weight excluding hydrogens is 220 g/mol. The number of ketones is 1. The van der Waals surface area contributed by atoms with Crippen LogP contribution in [0.25, 0.3) is 17.1 Å². The van der Waals surface area contributed by atoms with Gasteiger partial charge in [0.15, 0.2) is 5.78 Å². The zero-order valence-corrected chi connectivity index (χ0v) is 9.10. The highest BCUT2D eigenvalue weighted by Gasteiger charge is 2.03. The molecule has 2 aromatic rings. The summed E-state index contributed by atoms with van der Waals surface area (Å²) < 4.78 is 0. The molecule has 2 heterocycles. The van der Waals surface area contributed by atoms with Gasteiger partial charge in [0.25, 0.3) is 5.56 Å². The summed E-state index contributed by atoms with van der Waals surface area (Å²) in [6.45, 7) is 1.44. The van der Waals surface area contributed by atoms with Gasteiger partial charge in [-0.05, 0) is 30.7 Å². The number of allylic oxidation sites excluding steroid dienone is 1. The van der Waals surface area contributed by atoms with E-state index in [0.29, 0.717) is 16.6 Å². The SMILES string of the molecule is CC(=O)/C=C/c1cnc2[nH]c(=O)cc(O)c2c1. The van der Waals surface area contributed by atoms with E-state index in [4.69, 9.17) is 0 Å². The Labute approximate surface area is 96.4 Å². The van der Waals surface area contributed by atoms with Crippen LogP contribution in [-0.4, -0.2) is 20.9 Å². The number of nitrogens with zero attached hydrogens (tertiary/aromatic N) is 1. The largest absolute Gasteiger partial charge is 0.507 e.